The Labute approximate surface area is 93.9 Å². The van der Waals surface area contributed by atoms with Gasteiger partial charge in [-0.1, -0.05) is 11.6 Å². The summed E-state index contributed by atoms with van der Waals surface area (Å²) in [6.07, 6.45) is 1.64. The summed E-state index contributed by atoms with van der Waals surface area (Å²) in [6.45, 7) is 6.88. The van der Waals surface area contributed by atoms with Gasteiger partial charge in [-0.3, -0.25) is 0 Å². The second-order valence-corrected chi connectivity index (χ2v) is 4.75. The highest BCUT2D eigenvalue weighted by Gasteiger charge is 2.10. The molecule has 0 fully saturated rings. The van der Waals surface area contributed by atoms with E-state index in [2.05, 4.69) is 36.1 Å². The Morgan fingerprint density at radius 2 is 2.00 bits per heavy atom. The van der Waals surface area contributed by atoms with Gasteiger partial charge in [0, 0.05) is 23.8 Å². The van der Waals surface area contributed by atoms with Crippen molar-refractivity contribution in [2.24, 2.45) is 0 Å². The van der Waals surface area contributed by atoms with E-state index in [0.717, 1.165) is 5.56 Å². The average Bonchev–Trinajstić information content (AvgIpc) is 2.00. The van der Waals surface area contributed by atoms with Crippen LogP contribution in [-0.2, 0) is 6.54 Å². The molecule has 0 aliphatic rings. The molecule has 1 heterocycles. The van der Waals surface area contributed by atoms with Crippen molar-refractivity contribution in [2.45, 2.75) is 32.9 Å². The number of halogens is 2. The molecule has 0 radical (unpaired) electrons. The summed E-state index contributed by atoms with van der Waals surface area (Å²) in [6, 6.07) is 0. The van der Waals surface area contributed by atoms with Crippen molar-refractivity contribution in [3.05, 3.63) is 22.2 Å². The summed E-state index contributed by atoms with van der Waals surface area (Å²) >= 11 is 11.5. The van der Waals surface area contributed by atoms with Crippen LogP contribution in [0.15, 0.2) is 6.20 Å². The normalized spacial score (nSPS) is 11.8. The Balaban J connectivity index is 2.68. The zero-order valence-corrected chi connectivity index (χ0v) is 9.95. The first-order valence-corrected chi connectivity index (χ1v) is 5.06. The third-order valence-electron chi connectivity index (χ3n) is 1.59. The van der Waals surface area contributed by atoms with Crippen LogP contribution in [0.3, 0.4) is 0 Å². The summed E-state index contributed by atoms with van der Waals surface area (Å²) in [5.74, 6) is 0. The second kappa shape index (κ2) is 4.43. The first-order valence-electron chi connectivity index (χ1n) is 4.30. The summed E-state index contributed by atoms with van der Waals surface area (Å²) in [5, 5.41) is 3.87. The first kappa shape index (κ1) is 11.7. The van der Waals surface area contributed by atoms with E-state index in [9.17, 15) is 0 Å². The molecule has 0 aromatic carbocycles. The number of rotatable bonds is 2. The molecule has 0 spiro atoms. The standard InChI is InChI=1S/C9H13Cl2N3/c1-9(2,3)13-5-6-4-12-8(11)14-7(6)10/h4,13H,5H2,1-3H3. The number of nitrogens with zero attached hydrogens (tertiary/aromatic N) is 2. The van der Waals surface area contributed by atoms with Gasteiger partial charge in [-0.2, -0.15) is 0 Å². The lowest BCUT2D eigenvalue weighted by Crippen LogP contribution is -2.35. The molecular weight excluding hydrogens is 221 g/mol. The Morgan fingerprint density at radius 1 is 1.36 bits per heavy atom. The van der Waals surface area contributed by atoms with Gasteiger partial charge in [-0.05, 0) is 32.4 Å². The van der Waals surface area contributed by atoms with Crippen molar-refractivity contribution >= 4 is 23.2 Å². The van der Waals surface area contributed by atoms with Crippen LogP contribution in [0.25, 0.3) is 0 Å². The molecule has 0 saturated heterocycles. The average molecular weight is 234 g/mol. The number of nitrogens with one attached hydrogen (secondary N) is 1. The highest BCUT2D eigenvalue weighted by atomic mass is 35.5. The van der Waals surface area contributed by atoms with Crippen LogP contribution < -0.4 is 5.32 Å². The number of hydrogen-bond acceptors (Lipinski definition) is 3. The molecule has 0 atom stereocenters. The maximum Gasteiger partial charge on any atom is 0.223 e. The van der Waals surface area contributed by atoms with Gasteiger partial charge in [0.1, 0.15) is 5.15 Å². The van der Waals surface area contributed by atoms with E-state index in [1.54, 1.807) is 6.20 Å². The highest BCUT2D eigenvalue weighted by Crippen LogP contribution is 2.14. The molecule has 14 heavy (non-hydrogen) atoms. The van der Waals surface area contributed by atoms with Gasteiger partial charge >= 0.3 is 0 Å². The molecule has 78 valence electrons. The summed E-state index contributed by atoms with van der Waals surface area (Å²) in [4.78, 5) is 7.72. The van der Waals surface area contributed by atoms with Crippen molar-refractivity contribution in [3.8, 4) is 0 Å². The first-order chi connectivity index (χ1) is 6.38. The van der Waals surface area contributed by atoms with Gasteiger partial charge in [-0.15, -0.1) is 0 Å². The van der Waals surface area contributed by atoms with Crippen LogP contribution in [0.5, 0.6) is 0 Å². The zero-order chi connectivity index (χ0) is 10.8. The minimum absolute atomic E-state index is 0.0446. The Kier molecular flexibility index (Phi) is 3.70. The van der Waals surface area contributed by atoms with Crippen LogP contribution in [0.1, 0.15) is 26.3 Å². The van der Waals surface area contributed by atoms with Gasteiger partial charge in [-0.25, -0.2) is 9.97 Å². The third-order valence-corrected chi connectivity index (χ3v) is 2.10. The van der Waals surface area contributed by atoms with Crippen LogP contribution >= 0.6 is 23.2 Å². The quantitative estimate of drug-likeness (QED) is 0.631. The van der Waals surface area contributed by atoms with Gasteiger partial charge in [0.05, 0.1) is 0 Å². The summed E-state index contributed by atoms with van der Waals surface area (Å²) in [7, 11) is 0. The number of hydrogen-bond donors (Lipinski definition) is 1. The van der Waals surface area contributed by atoms with Crippen LogP contribution in [0.2, 0.25) is 10.4 Å². The Morgan fingerprint density at radius 3 is 2.50 bits per heavy atom. The fourth-order valence-electron chi connectivity index (χ4n) is 0.845. The van der Waals surface area contributed by atoms with E-state index < -0.39 is 0 Å². The predicted octanol–water partition coefficient (Wildman–Crippen LogP) is 2.67. The minimum Gasteiger partial charge on any atom is -0.308 e. The molecule has 0 bridgehead atoms. The highest BCUT2D eigenvalue weighted by molar-refractivity contribution is 6.32. The molecule has 3 nitrogen and oxygen atoms in total. The summed E-state index contributed by atoms with van der Waals surface area (Å²) in [5.41, 5.74) is 0.897. The molecule has 1 rings (SSSR count). The van der Waals surface area contributed by atoms with E-state index in [-0.39, 0.29) is 10.8 Å². The largest absolute Gasteiger partial charge is 0.308 e. The number of aromatic nitrogens is 2. The lowest BCUT2D eigenvalue weighted by atomic mass is 10.1. The van der Waals surface area contributed by atoms with Gasteiger partial charge in [0.15, 0.2) is 0 Å². The van der Waals surface area contributed by atoms with Crippen molar-refractivity contribution in [3.63, 3.8) is 0 Å². The van der Waals surface area contributed by atoms with Crippen molar-refractivity contribution in [1.82, 2.24) is 15.3 Å². The molecular formula is C9H13Cl2N3. The molecule has 0 amide bonds. The molecule has 0 aliphatic carbocycles. The molecule has 1 aromatic rings. The van der Waals surface area contributed by atoms with Crippen LogP contribution in [-0.4, -0.2) is 15.5 Å². The summed E-state index contributed by atoms with van der Waals surface area (Å²) < 4.78 is 0. The van der Waals surface area contributed by atoms with E-state index in [1.165, 1.54) is 0 Å². The maximum atomic E-state index is 5.88. The SMILES string of the molecule is CC(C)(C)NCc1cnc(Cl)nc1Cl. The smallest absolute Gasteiger partial charge is 0.223 e. The van der Waals surface area contributed by atoms with Gasteiger partial charge in [0.2, 0.25) is 5.28 Å². The van der Waals surface area contributed by atoms with Gasteiger partial charge in [0.25, 0.3) is 0 Å². The molecule has 5 heteroatoms. The molecule has 1 N–H and O–H groups in total. The lowest BCUT2D eigenvalue weighted by Gasteiger charge is -2.20. The fraction of sp³-hybridized carbons (Fsp3) is 0.556. The van der Waals surface area contributed by atoms with Gasteiger partial charge < -0.3 is 5.32 Å². The Bertz CT molecular complexity index is 320. The van der Waals surface area contributed by atoms with Crippen LogP contribution in [0.4, 0.5) is 0 Å². The lowest BCUT2D eigenvalue weighted by molar-refractivity contribution is 0.423. The third kappa shape index (κ3) is 3.78. The zero-order valence-electron chi connectivity index (χ0n) is 8.43. The molecule has 0 unspecified atom stereocenters. The van der Waals surface area contributed by atoms with E-state index in [0.29, 0.717) is 11.7 Å². The van der Waals surface area contributed by atoms with E-state index >= 15 is 0 Å². The fourth-order valence-corrected chi connectivity index (χ4v) is 1.22. The second-order valence-electron chi connectivity index (χ2n) is 4.06. The van der Waals surface area contributed by atoms with Crippen molar-refractivity contribution < 1.29 is 0 Å². The van der Waals surface area contributed by atoms with Crippen molar-refractivity contribution in [1.29, 1.82) is 0 Å². The monoisotopic (exact) mass is 233 g/mol. The predicted molar refractivity (Wildman–Crippen MR) is 58.6 cm³/mol. The molecule has 0 saturated carbocycles. The van der Waals surface area contributed by atoms with Crippen LogP contribution in [0, 0.1) is 0 Å². The topological polar surface area (TPSA) is 37.8 Å². The molecule has 0 aliphatic heterocycles. The van der Waals surface area contributed by atoms with E-state index in [4.69, 9.17) is 23.2 Å². The van der Waals surface area contributed by atoms with E-state index in [1.807, 2.05) is 0 Å². The maximum absolute atomic E-state index is 5.88. The van der Waals surface area contributed by atoms with Crippen molar-refractivity contribution in [2.75, 3.05) is 0 Å². The minimum atomic E-state index is 0.0446. The Hall–Kier alpha value is -0.380. The molecule has 1 aromatic heterocycles.